The van der Waals surface area contributed by atoms with E-state index in [1.807, 2.05) is 66.9 Å². The molecular weight excluding hydrogens is 460 g/mol. The highest BCUT2D eigenvalue weighted by atomic mass is 16.2. The van der Waals surface area contributed by atoms with E-state index < -0.39 is 6.04 Å². The number of carbonyl (C=O) groups is 2. The zero-order chi connectivity index (χ0) is 26.7. The predicted octanol–water partition coefficient (Wildman–Crippen LogP) is 6.72. The van der Waals surface area contributed by atoms with Crippen molar-refractivity contribution in [3.05, 3.63) is 94.8 Å². The molecule has 0 fully saturated rings. The molecule has 0 radical (unpaired) electrons. The lowest BCUT2D eigenvalue weighted by Crippen LogP contribution is -2.30. The van der Waals surface area contributed by atoms with Crippen LogP contribution in [0, 0.1) is 6.92 Å². The Balaban J connectivity index is 1.63. The lowest BCUT2D eigenvalue weighted by molar-refractivity contribution is -0.116. The van der Waals surface area contributed by atoms with Crippen LogP contribution in [0.1, 0.15) is 85.4 Å². The number of fused-ring (bicyclic) bond motifs is 1. The molecule has 0 aliphatic rings. The van der Waals surface area contributed by atoms with Gasteiger partial charge < -0.3 is 15.2 Å². The minimum atomic E-state index is -0.400. The molecule has 6 heteroatoms. The summed E-state index contributed by atoms with van der Waals surface area (Å²) in [5, 5.41) is 6.26. The topological polar surface area (TPSA) is 76.0 Å². The molecule has 1 unspecified atom stereocenters. The minimum Gasteiger partial charge on any atom is -0.342 e. The lowest BCUT2D eigenvalue weighted by atomic mass is 9.92. The summed E-state index contributed by atoms with van der Waals surface area (Å²) in [5.41, 5.74) is 6.45. The fraction of sp³-hybridized carbons (Fsp3) is 0.323. The van der Waals surface area contributed by atoms with Crippen LogP contribution in [0.4, 0.5) is 5.69 Å². The summed E-state index contributed by atoms with van der Waals surface area (Å²) in [6, 6.07) is 21.0. The zero-order valence-corrected chi connectivity index (χ0v) is 22.5. The number of carbonyl (C=O) groups excluding carboxylic acids is 2. The molecule has 1 heterocycles. The summed E-state index contributed by atoms with van der Waals surface area (Å²) in [5.74, 6) is 0.879. The predicted molar refractivity (Wildman–Crippen MR) is 150 cm³/mol. The van der Waals surface area contributed by atoms with Crippen molar-refractivity contribution in [2.45, 2.75) is 66.0 Å². The number of benzene rings is 3. The van der Waals surface area contributed by atoms with Crippen LogP contribution in [0.2, 0.25) is 0 Å². The van der Waals surface area contributed by atoms with Crippen LogP contribution in [0.25, 0.3) is 11.0 Å². The Morgan fingerprint density at radius 1 is 0.838 bits per heavy atom. The molecule has 1 aromatic heterocycles. The molecule has 3 aromatic carbocycles. The molecule has 0 aliphatic carbocycles. The fourth-order valence-corrected chi connectivity index (χ4v) is 4.66. The quantitative estimate of drug-likeness (QED) is 0.284. The number of imidazole rings is 1. The third kappa shape index (κ3) is 5.74. The van der Waals surface area contributed by atoms with Crippen LogP contribution >= 0.6 is 0 Å². The summed E-state index contributed by atoms with van der Waals surface area (Å²) >= 11 is 0. The lowest BCUT2D eigenvalue weighted by Gasteiger charge is -2.21. The summed E-state index contributed by atoms with van der Waals surface area (Å²) < 4.78 is 1.90. The van der Waals surface area contributed by atoms with Gasteiger partial charge in [-0.3, -0.25) is 9.59 Å². The molecule has 0 saturated heterocycles. The molecule has 0 saturated carbocycles. The maximum atomic E-state index is 13.5. The maximum absolute atomic E-state index is 13.5. The van der Waals surface area contributed by atoms with E-state index in [4.69, 9.17) is 4.98 Å². The van der Waals surface area contributed by atoms with Crippen LogP contribution in [0.3, 0.4) is 0 Å². The smallest absolute Gasteiger partial charge is 0.251 e. The summed E-state index contributed by atoms with van der Waals surface area (Å²) in [6.07, 6.45) is 0. The van der Waals surface area contributed by atoms with Crippen molar-refractivity contribution in [3.63, 3.8) is 0 Å². The first kappa shape index (κ1) is 26.1. The molecule has 0 spiro atoms. The van der Waals surface area contributed by atoms with E-state index >= 15 is 0 Å². The number of amides is 2. The van der Waals surface area contributed by atoms with Crippen LogP contribution in [-0.4, -0.2) is 21.4 Å². The number of rotatable bonds is 8. The Bertz CT molecular complexity index is 1390. The Labute approximate surface area is 219 Å². The van der Waals surface area contributed by atoms with Gasteiger partial charge in [0.2, 0.25) is 5.91 Å². The van der Waals surface area contributed by atoms with Crippen LogP contribution in [0.15, 0.2) is 66.7 Å². The van der Waals surface area contributed by atoms with Gasteiger partial charge in [-0.15, -0.1) is 0 Å². The first-order valence-corrected chi connectivity index (χ1v) is 12.9. The molecule has 2 N–H and O–H groups in total. The standard InChI is InChI=1S/C31H36N4O2/c1-19(2)24-10-9-11-25(20(3)4)29(24)34-28(36)18-35-27-13-8-7-12-26(27)33-30(35)22(6)32-31(37)23-16-14-21(5)15-17-23/h7-17,19-20,22H,18H2,1-6H3,(H,32,37)(H,34,36). The fourth-order valence-electron chi connectivity index (χ4n) is 4.66. The van der Waals surface area contributed by atoms with E-state index in [1.165, 1.54) is 0 Å². The molecule has 4 rings (SSSR count). The van der Waals surface area contributed by atoms with E-state index in [2.05, 4.69) is 56.5 Å². The van der Waals surface area contributed by atoms with Gasteiger partial charge in [0.15, 0.2) is 0 Å². The number of hydrogen-bond donors (Lipinski definition) is 2. The SMILES string of the molecule is Cc1ccc(C(=O)NC(C)c2nc3ccccc3n2CC(=O)Nc2c(C(C)C)cccc2C(C)C)cc1. The number of aryl methyl sites for hydroxylation is 1. The summed E-state index contributed by atoms with van der Waals surface area (Å²) in [6.45, 7) is 12.5. The molecule has 2 amide bonds. The molecule has 37 heavy (non-hydrogen) atoms. The second-order valence-electron chi connectivity index (χ2n) is 10.3. The van der Waals surface area contributed by atoms with E-state index in [-0.39, 0.29) is 30.2 Å². The number of aromatic nitrogens is 2. The molecule has 192 valence electrons. The van der Waals surface area contributed by atoms with E-state index in [9.17, 15) is 9.59 Å². The summed E-state index contributed by atoms with van der Waals surface area (Å²) in [7, 11) is 0. The van der Waals surface area contributed by atoms with Crippen molar-refractivity contribution in [1.29, 1.82) is 0 Å². The van der Waals surface area contributed by atoms with Gasteiger partial charge in [0.1, 0.15) is 12.4 Å². The second-order valence-corrected chi connectivity index (χ2v) is 10.3. The number of para-hydroxylation sites is 3. The number of nitrogens with one attached hydrogen (secondary N) is 2. The Kier molecular flexibility index (Phi) is 7.77. The first-order chi connectivity index (χ1) is 17.7. The van der Waals surface area contributed by atoms with Crippen LogP contribution in [-0.2, 0) is 11.3 Å². The van der Waals surface area contributed by atoms with Gasteiger partial charge >= 0.3 is 0 Å². The van der Waals surface area contributed by atoms with Gasteiger partial charge in [-0.25, -0.2) is 4.98 Å². The molecule has 4 aromatic rings. The molecule has 0 aliphatic heterocycles. The Morgan fingerprint density at radius 2 is 1.46 bits per heavy atom. The highest BCUT2D eigenvalue weighted by Crippen LogP contribution is 2.32. The zero-order valence-electron chi connectivity index (χ0n) is 22.5. The highest BCUT2D eigenvalue weighted by Gasteiger charge is 2.22. The Hall–Kier alpha value is -3.93. The van der Waals surface area contributed by atoms with Gasteiger partial charge in [-0.2, -0.15) is 0 Å². The number of hydrogen-bond acceptors (Lipinski definition) is 3. The average molecular weight is 497 g/mol. The first-order valence-electron chi connectivity index (χ1n) is 12.9. The third-order valence-electron chi connectivity index (χ3n) is 6.67. The monoisotopic (exact) mass is 496 g/mol. The van der Waals surface area contributed by atoms with Crippen molar-refractivity contribution in [3.8, 4) is 0 Å². The number of nitrogens with zero attached hydrogens (tertiary/aromatic N) is 2. The molecular formula is C31H36N4O2. The largest absolute Gasteiger partial charge is 0.342 e. The number of anilines is 1. The highest BCUT2D eigenvalue weighted by molar-refractivity contribution is 5.95. The van der Waals surface area contributed by atoms with Crippen molar-refractivity contribution in [1.82, 2.24) is 14.9 Å². The normalized spacial score (nSPS) is 12.2. The van der Waals surface area contributed by atoms with E-state index in [1.54, 1.807) is 0 Å². The van der Waals surface area contributed by atoms with Crippen molar-refractivity contribution >= 4 is 28.5 Å². The van der Waals surface area contributed by atoms with E-state index in [0.717, 1.165) is 33.4 Å². The van der Waals surface area contributed by atoms with Crippen molar-refractivity contribution in [2.24, 2.45) is 0 Å². The molecule has 0 bridgehead atoms. The second kappa shape index (κ2) is 11.0. The minimum absolute atomic E-state index is 0.0879. The van der Waals surface area contributed by atoms with Crippen LogP contribution in [0.5, 0.6) is 0 Å². The summed E-state index contributed by atoms with van der Waals surface area (Å²) in [4.78, 5) is 31.2. The third-order valence-corrected chi connectivity index (χ3v) is 6.67. The van der Waals surface area contributed by atoms with Crippen molar-refractivity contribution in [2.75, 3.05) is 5.32 Å². The van der Waals surface area contributed by atoms with Gasteiger partial charge in [0.25, 0.3) is 5.91 Å². The van der Waals surface area contributed by atoms with Gasteiger partial charge in [0.05, 0.1) is 17.1 Å². The Morgan fingerprint density at radius 3 is 2.08 bits per heavy atom. The van der Waals surface area contributed by atoms with Gasteiger partial charge in [0, 0.05) is 11.3 Å². The molecule has 6 nitrogen and oxygen atoms in total. The van der Waals surface area contributed by atoms with E-state index in [0.29, 0.717) is 11.4 Å². The van der Waals surface area contributed by atoms with Gasteiger partial charge in [-0.1, -0.05) is 75.7 Å². The van der Waals surface area contributed by atoms with Crippen molar-refractivity contribution < 1.29 is 9.59 Å². The maximum Gasteiger partial charge on any atom is 0.251 e. The van der Waals surface area contributed by atoms with Gasteiger partial charge in [-0.05, 0) is 61.1 Å². The average Bonchev–Trinajstić information content (AvgIpc) is 3.22. The molecule has 1 atom stereocenters. The van der Waals surface area contributed by atoms with Crippen LogP contribution < -0.4 is 10.6 Å².